The second-order valence-corrected chi connectivity index (χ2v) is 7.10. The average Bonchev–Trinajstić information content (AvgIpc) is 2.64. The molecule has 0 aromatic carbocycles. The Kier molecular flexibility index (Phi) is 6.14. The molecule has 0 aliphatic heterocycles. The number of aryl methyl sites for hydroxylation is 1. The first kappa shape index (κ1) is 17.1. The van der Waals surface area contributed by atoms with Gasteiger partial charge in [0.05, 0.1) is 16.8 Å². The lowest BCUT2D eigenvalue weighted by Crippen LogP contribution is -2.41. The summed E-state index contributed by atoms with van der Waals surface area (Å²) in [6, 6.07) is 0.0622. The third-order valence-corrected chi connectivity index (χ3v) is 4.13. The molecule has 1 N–H and O–H groups in total. The van der Waals surface area contributed by atoms with Gasteiger partial charge in [-0.25, -0.2) is 4.98 Å². The molecule has 0 radical (unpaired) electrons. The van der Waals surface area contributed by atoms with E-state index in [2.05, 4.69) is 18.8 Å². The zero-order valence-corrected chi connectivity index (χ0v) is 14.1. The number of carbonyl (C=O) groups excluding carboxylic acids is 1. The van der Waals surface area contributed by atoms with Crippen LogP contribution in [0.3, 0.4) is 0 Å². The second-order valence-electron chi connectivity index (χ2n) is 6.02. The summed E-state index contributed by atoms with van der Waals surface area (Å²) in [5.41, 5.74) is 0.798. The van der Waals surface area contributed by atoms with Crippen molar-refractivity contribution < 1.29 is 9.90 Å². The maximum atomic E-state index is 12.6. The van der Waals surface area contributed by atoms with E-state index in [4.69, 9.17) is 0 Å². The van der Waals surface area contributed by atoms with Gasteiger partial charge in [0.2, 0.25) is 0 Å². The van der Waals surface area contributed by atoms with E-state index in [1.807, 2.05) is 20.8 Å². The summed E-state index contributed by atoms with van der Waals surface area (Å²) in [6.07, 6.45) is 0.376. The number of rotatable bonds is 6. The van der Waals surface area contributed by atoms with Gasteiger partial charge in [-0.15, -0.1) is 11.3 Å². The normalized spacial score (nSPS) is 13.1. The monoisotopic (exact) mass is 298 g/mol. The van der Waals surface area contributed by atoms with Gasteiger partial charge in [0.15, 0.2) is 0 Å². The van der Waals surface area contributed by atoms with E-state index in [1.54, 1.807) is 11.8 Å². The van der Waals surface area contributed by atoms with Crippen LogP contribution in [0.2, 0.25) is 0 Å². The smallest absolute Gasteiger partial charge is 0.266 e. The van der Waals surface area contributed by atoms with Crippen LogP contribution >= 0.6 is 11.3 Å². The van der Waals surface area contributed by atoms with Crippen molar-refractivity contribution in [2.75, 3.05) is 6.54 Å². The third kappa shape index (κ3) is 4.56. The number of nitrogens with zero attached hydrogens (tertiary/aromatic N) is 2. The van der Waals surface area contributed by atoms with E-state index in [-0.39, 0.29) is 11.9 Å². The van der Waals surface area contributed by atoms with Crippen LogP contribution in [-0.2, 0) is 6.42 Å². The van der Waals surface area contributed by atoms with Gasteiger partial charge in [0.25, 0.3) is 5.91 Å². The summed E-state index contributed by atoms with van der Waals surface area (Å²) >= 11 is 1.48. The van der Waals surface area contributed by atoms with Crippen molar-refractivity contribution in [3.63, 3.8) is 0 Å². The quantitative estimate of drug-likeness (QED) is 0.878. The first-order valence-corrected chi connectivity index (χ1v) is 7.99. The Bertz CT molecular complexity index is 453. The van der Waals surface area contributed by atoms with Crippen molar-refractivity contribution in [1.82, 2.24) is 9.88 Å². The molecule has 1 atom stereocenters. The van der Waals surface area contributed by atoms with Crippen molar-refractivity contribution >= 4 is 17.2 Å². The van der Waals surface area contributed by atoms with E-state index in [0.29, 0.717) is 17.3 Å². The molecular formula is C15H26N2O2S. The van der Waals surface area contributed by atoms with Gasteiger partial charge >= 0.3 is 0 Å². The fourth-order valence-electron chi connectivity index (χ4n) is 2.03. The summed E-state index contributed by atoms with van der Waals surface area (Å²) in [6.45, 7) is 12.2. The molecule has 0 saturated carbocycles. The van der Waals surface area contributed by atoms with Crippen LogP contribution in [0.5, 0.6) is 0 Å². The van der Waals surface area contributed by atoms with E-state index in [1.165, 1.54) is 11.3 Å². The summed E-state index contributed by atoms with van der Waals surface area (Å²) in [5.74, 6) is 0.507. The third-order valence-electron chi connectivity index (χ3n) is 2.96. The van der Waals surface area contributed by atoms with Gasteiger partial charge in [-0.3, -0.25) is 4.79 Å². The molecule has 0 fully saturated rings. The molecule has 20 heavy (non-hydrogen) atoms. The summed E-state index contributed by atoms with van der Waals surface area (Å²) in [5, 5.41) is 10.6. The minimum Gasteiger partial charge on any atom is -0.392 e. The molecule has 1 aromatic rings. The SMILES string of the molecule is Cc1nc(CC(C)C)sc1C(=O)N(CC(C)O)C(C)C. The van der Waals surface area contributed by atoms with E-state index in [9.17, 15) is 9.90 Å². The van der Waals surface area contributed by atoms with Crippen LogP contribution in [0.4, 0.5) is 0 Å². The van der Waals surface area contributed by atoms with Crippen molar-refractivity contribution in [3.8, 4) is 0 Å². The van der Waals surface area contributed by atoms with Crippen molar-refractivity contribution in [2.45, 2.75) is 60.1 Å². The predicted molar refractivity (Wildman–Crippen MR) is 83.2 cm³/mol. The van der Waals surface area contributed by atoms with Gasteiger partial charge < -0.3 is 10.0 Å². The molecular weight excluding hydrogens is 272 g/mol. The van der Waals surface area contributed by atoms with Gasteiger partial charge in [-0.1, -0.05) is 13.8 Å². The van der Waals surface area contributed by atoms with Crippen LogP contribution in [0.25, 0.3) is 0 Å². The average molecular weight is 298 g/mol. The Morgan fingerprint density at radius 3 is 2.35 bits per heavy atom. The fourth-order valence-corrected chi connectivity index (χ4v) is 3.26. The highest BCUT2D eigenvalue weighted by atomic mass is 32.1. The van der Waals surface area contributed by atoms with Crippen LogP contribution in [0.15, 0.2) is 0 Å². The molecule has 0 aliphatic rings. The van der Waals surface area contributed by atoms with Gasteiger partial charge in [-0.2, -0.15) is 0 Å². The zero-order chi connectivity index (χ0) is 15.4. The molecule has 0 aliphatic carbocycles. The van der Waals surface area contributed by atoms with Gasteiger partial charge in [-0.05, 0) is 33.6 Å². The lowest BCUT2D eigenvalue weighted by Gasteiger charge is -2.27. The van der Waals surface area contributed by atoms with Crippen LogP contribution in [0.1, 0.15) is 55.0 Å². The van der Waals surface area contributed by atoms with Gasteiger partial charge in [0, 0.05) is 19.0 Å². The number of aromatic nitrogens is 1. The first-order chi connectivity index (χ1) is 9.22. The van der Waals surface area contributed by atoms with Crippen LogP contribution < -0.4 is 0 Å². The Morgan fingerprint density at radius 1 is 1.30 bits per heavy atom. The fraction of sp³-hybridized carbons (Fsp3) is 0.733. The molecule has 0 bridgehead atoms. The number of amides is 1. The molecule has 114 valence electrons. The summed E-state index contributed by atoms with van der Waals surface area (Å²) in [4.78, 5) is 19.5. The standard InChI is InChI=1S/C15H26N2O2S/c1-9(2)7-13-16-12(6)14(20-13)15(19)17(10(3)4)8-11(5)18/h9-11,18H,7-8H2,1-6H3. The van der Waals surface area contributed by atoms with Crippen molar-refractivity contribution in [1.29, 1.82) is 0 Å². The lowest BCUT2D eigenvalue weighted by atomic mass is 10.1. The lowest BCUT2D eigenvalue weighted by molar-refractivity contribution is 0.0582. The molecule has 0 spiro atoms. The second kappa shape index (κ2) is 7.18. The highest BCUT2D eigenvalue weighted by molar-refractivity contribution is 7.13. The molecule has 4 nitrogen and oxygen atoms in total. The summed E-state index contributed by atoms with van der Waals surface area (Å²) < 4.78 is 0. The highest BCUT2D eigenvalue weighted by Crippen LogP contribution is 2.23. The first-order valence-electron chi connectivity index (χ1n) is 7.17. The maximum absolute atomic E-state index is 12.6. The molecule has 1 amide bonds. The Balaban J connectivity index is 2.97. The predicted octanol–water partition coefficient (Wildman–Crippen LogP) is 2.88. The largest absolute Gasteiger partial charge is 0.392 e. The highest BCUT2D eigenvalue weighted by Gasteiger charge is 2.24. The Hall–Kier alpha value is -0.940. The number of aliphatic hydroxyl groups is 1. The molecule has 1 aromatic heterocycles. The minimum absolute atomic E-state index is 0.0223. The number of thiazole rings is 1. The Morgan fingerprint density at radius 2 is 1.90 bits per heavy atom. The number of hydrogen-bond acceptors (Lipinski definition) is 4. The molecule has 1 heterocycles. The van der Waals surface area contributed by atoms with Crippen LogP contribution in [-0.4, -0.2) is 39.6 Å². The summed E-state index contributed by atoms with van der Waals surface area (Å²) in [7, 11) is 0. The van der Waals surface area contributed by atoms with Crippen LogP contribution in [0, 0.1) is 12.8 Å². The number of aliphatic hydroxyl groups excluding tert-OH is 1. The van der Waals surface area contributed by atoms with Crippen molar-refractivity contribution in [3.05, 3.63) is 15.6 Å². The molecule has 5 heteroatoms. The molecule has 1 unspecified atom stereocenters. The topological polar surface area (TPSA) is 53.4 Å². The maximum Gasteiger partial charge on any atom is 0.266 e. The number of carbonyl (C=O) groups is 1. The molecule has 1 rings (SSSR count). The van der Waals surface area contributed by atoms with E-state index in [0.717, 1.165) is 17.1 Å². The van der Waals surface area contributed by atoms with Crippen molar-refractivity contribution in [2.24, 2.45) is 5.92 Å². The minimum atomic E-state index is -0.523. The van der Waals surface area contributed by atoms with E-state index < -0.39 is 6.10 Å². The van der Waals surface area contributed by atoms with E-state index >= 15 is 0 Å². The van der Waals surface area contributed by atoms with Gasteiger partial charge in [0.1, 0.15) is 4.88 Å². The number of hydrogen-bond donors (Lipinski definition) is 1. The Labute approximate surface area is 125 Å². The molecule has 0 saturated heterocycles. The zero-order valence-electron chi connectivity index (χ0n) is 13.3.